The third-order valence-corrected chi connectivity index (χ3v) is 2.93. The lowest BCUT2D eigenvalue weighted by atomic mass is 10.2. The molecule has 0 saturated carbocycles. The Kier molecular flexibility index (Phi) is 4.45. The van der Waals surface area contributed by atoms with Gasteiger partial charge in [-0.1, -0.05) is 0 Å². The number of ether oxygens (including phenoxy) is 1. The number of nitrogens with zero attached hydrogens (tertiary/aromatic N) is 1. The van der Waals surface area contributed by atoms with Crippen LogP contribution in [-0.2, 0) is 4.74 Å². The van der Waals surface area contributed by atoms with Crippen molar-refractivity contribution in [1.82, 2.24) is 10.3 Å². The molecule has 0 spiro atoms. The Morgan fingerprint density at radius 1 is 1.44 bits per heavy atom. The summed E-state index contributed by atoms with van der Waals surface area (Å²) in [5, 5.41) is 4.70. The van der Waals surface area contributed by atoms with E-state index < -0.39 is 17.7 Å². The van der Waals surface area contributed by atoms with Gasteiger partial charge in [0.2, 0.25) is 5.78 Å². The molecular weight excluding hydrogens is 252 g/mol. The van der Waals surface area contributed by atoms with E-state index in [0.717, 1.165) is 5.69 Å². The van der Waals surface area contributed by atoms with Crippen molar-refractivity contribution in [2.24, 2.45) is 0 Å². The highest BCUT2D eigenvalue weighted by Gasteiger charge is 2.23. The van der Waals surface area contributed by atoms with Crippen LogP contribution >= 0.6 is 11.3 Å². The van der Waals surface area contributed by atoms with Crippen LogP contribution in [0.1, 0.15) is 43.2 Å². The summed E-state index contributed by atoms with van der Waals surface area (Å²) < 4.78 is 5.08. The fraction of sp³-hybridized carbons (Fsp3) is 0.583. The molecule has 1 aromatic heterocycles. The third kappa shape index (κ3) is 4.44. The Morgan fingerprint density at radius 3 is 2.50 bits per heavy atom. The van der Waals surface area contributed by atoms with Gasteiger partial charge in [-0.15, -0.1) is 11.3 Å². The summed E-state index contributed by atoms with van der Waals surface area (Å²) in [5.74, 6) is -0.209. The van der Waals surface area contributed by atoms with Gasteiger partial charge in [0.1, 0.15) is 5.60 Å². The van der Waals surface area contributed by atoms with Gasteiger partial charge in [0.25, 0.3) is 0 Å². The van der Waals surface area contributed by atoms with Gasteiger partial charge in [0, 0.05) is 11.1 Å². The lowest BCUT2D eigenvalue weighted by molar-refractivity contribution is 0.0497. The second-order valence-electron chi connectivity index (χ2n) is 5.03. The van der Waals surface area contributed by atoms with E-state index >= 15 is 0 Å². The van der Waals surface area contributed by atoms with Gasteiger partial charge < -0.3 is 10.1 Å². The van der Waals surface area contributed by atoms with Crippen LogP contribution in [0.4, 0.5) is 4.79 Å². The van der Waals surface area contributed by atoms with Crippen LogP contribution in [-0.4, -0.2) is 28.5 Å². The highest BCUT2D eigenvalue weighted by molar-refractivity contribution is 7.11. The second kappa shape index (κ2) is 5.48. The van der Waals surface area contributed by atoms with E-state index in [2.05, 4.69) is 10.3 Å². The van der Waals surface area contributed by atoms with Gasteiger partial charge in [0.15, 0.2) is 5.01 Å². The smallest absolute Gasteiger partial charge is 0.408 e. The topological polar surface area (TPSA) is 68.3 Å². The van der Waals surface area contributed by atoms with Crippen molar-refractivity contribution >= 4 is 23.2 Å². The number of nitrogens with one attached hydrogen (secondary N) is 1. The minimum absolute atomic E-state index is 0.209. The number of rotatable bonds is 3. The van der Waals surface area contributed by atoms with Crippen LogP contribution in [0.15, 0.2) is 5.38 Å². The monoisotopic (exact) mass is 270 g/mol. The van der Waals surface area contributed by atoms with Gasteiger partial charge in [-0.05, 0) is 34.6 Å². The molecule has 1 rings (SSSR count). The van der Waals surface area contributed by atoms with Crippen molar-refractivity contribution in [2.75, 3.05) is 0 Å². The van der Waals surface area contributed by atoms with Crippen molar-refractivity contribution in [1.29, 1.82) is 0 Å². The van der Waals surface area contributed by atoms with Gasteiger partial charge >= 0.3 is 6.09 Å². The first-order valence-electron chi connectivity index (χ1n) is 5.65. The molecule has 1 amide bonds. The van der Waals surface area contributed by atoms with Gasteiger partial charge in [-0.3, -0.25) is 4.79 Å². The Hall–Kier alpha value is -1.43. The third-order valence-electron chi connectivity index (χ3n) is 1.96. The largest absolute Gasteiger partial charge is 0.444 e. The van der Waals surface area contributed by atoms with Crippen LogP contribution in [0.3, 0.4) is 0 Å². The summed E-state index contributed by atoms with van der Waals surface area (Å²) >= 11 is 1.27. The summed E-state index contributed by atoms with van der Waals surface area (Å²) in [7, 11) is 0. The standard InChI is InChI=1S/C12H18N2O3S/c1-7-6-18-10(13-7)9(15)8(2)14-11(16)17-12(3,4)5/h6,8H,1-5H3,(H,14,16)/t8-/m1/s1. The number of Topliss-reactive ketones (excluding diaryl/α,β-unsaturated/α-hetero) is 1. The minimum Gasteiger partial charge on any atom is -0.444 e. The van der Waals surface area contributed by atoms with Gasteiger partial charge in [-0.2, -0.15) is 0 Å². The number of hydrogen-bond acceptors (Lipinski definition) is 5. The van der Waals surface area contributed by atoms with Crippen molar-refractivity contribution in [3.05, 3.63) is 16.1 Å². The lowest BCUT2D eigenvalue weighted by Gasteiger charge is -2.21. The number of aromatic nitrogens is 1. The maximum absolute atomic E-state index is 11.9. The number of amides is 1. The maximum Gasteiger partial charge on any atom is 0.408 e. The molecule has 0 saturated heterocycles. The molecule has 0 unspecified atom stereocenters. The molecule has 0 aliphatic heterocycles. The quantitative estimate of drug-likeness (QED) is 0.857. The van der Waals surface area contributed by atoms with E-state index in [-0.39, 0.29) is 5.78 Å². The van der Waals surface area contributed by atoms with Crippen LogP contribution in [0.2, 0.25) is 0 Å². The molecule has 0 bridgehead atoms. The average molecular weight is 270 g/mol. The molecule has 0 fully saturated rings. The number of hydrogen-bond donors (Lipinski definition) is 1. The molecule has 5 nitrogen and oxygen atoms in total. The number of carbonyl (C=O) groups excluding carboxylic acids is 2. The van der Waals surface area contributed by atoms with E-state index in [1.54, 1.807) is 33.1 Å². The van der Waals surface area contributed by atoms with Gasteiger partial charge in [0.05, 0.1) is 6.04 Å². The second-order valence-corrected chi connectivity index (χ2v) is 5.88. The Morgan fingerprint density at radius 2 is 2.06 bits per heavy atom. The van der Waals surface area contributed by atoms with Crippen molar-refractivity contribution in [2.45, 2.75) is 46.3 Å². The molecule has 100 valence electrons. The van der Waals surface area contributed by atoms with Crippen LogP contribution in [0.5, 0.6) is 0 Å². The first kappa shape index (κ1) is 14.6. The minimum atomic E-state index is -0.648. The summed E-state index contributed by atoms with van der Waals surface area (Å²) in [6.07, 6.45) is -0.600. The van der Waals surface area contributed by atoms with Crippen LogP contribution in [0, 0.1) is 6.92 Å². The number of carbonyl (C=O) groups is 2. The van der Waals surface area contributed by atoms with Crippen molar-refractivity contribution in [3.8, 4) is 0 Å². The number of alkyl carbamates (subject to hydrolysis) is 1. The van der Waals surface area contributed by atoms with Crippen LogP contribution in [0.25, 0.3) is 0 Å². The van der Waals surface area contributed by atoms with E-state index in [4.69, 9.17) is 4.74 Å². The SMILES string of the molecule is Cc1csc(C(=O)[C@@H](C)NC(=O)OC(C)(C)C)n1. The highest BCUT2D eigenvalue weighted by atomic mass is 32.1. The van der Waals surface area contributed by atoms with Crippen molar-refractivity contribution in [3.63, 3.8) is 0 Å². The van der Waals surface area contributed by atoms with E-state index in [0.29, 0.717) is 5.01 Å². The Labute approximate surface area is 111 Å². The molecule has 0 aromatic carbocycles. The fourth-order valence-corrected chi connectivity index (χ4v) is 2.03. The Balaban J connectivity index is 2.58. The molecule has 1 heterocycles. The zero-order chi connectivity index (χ0) is 13.9. The Bertz CT molecular complexity index is 448. The number of aryl methyl sites for hydroxylation is 1. The maximum atomic E-state index is 11.9. The lowest BCUT2D eigenvalue weighted by Crippen LogP contribution is -2.41. The summed E-state index contributed by atoms with van der Waals surface area (Å²) in [4.78, 5) is 27.5. The number of ketones is 1. The summed E-state index contributed by atoms with van der Waals surface area (Å²) in [6.45, 7) is 8.73. The summed E-state index contributed by atoms with van der Waals surface area (Å²) in [5.41, 5.74) is 0.220. The zero-order valence-corrected chi connectivity index (χ0v) is 12.1. The molecule has 1 N–H and O–H groups in total. The van der Waals surface area contributed by atoms with Crippen molar-refractivity contribution < 1.29 is 14.3 Å². The predicted octanol–water partition coefficient (Wildman–Crippen LogP) is 2.55. The van der Waals surface area contributed by atoms with Crippen LogP contribution < -0.4 is 5.32 Å². The first-order valence-corrected chi connectivity index (χ1v) is 6.53. The molecule has 0 radical (unpaired) electrons. The van der Waals surface area contributed by atoms with Gasteiger partial charge in [-0.25, -0.2) is 9.78 Å². The average Bonchev–Trinajstić information content (AvgIpc) is 2.60. The van der Waals surface area contributed by atoms with E-state index in [1.807, 2.05) is 6.92 Å². The molecular formula is C12H18N2O3S. The molecule has 0 aliphatic rings. The predicted molar refractivity (Wildman–Crippen MR) is 70.0 cm³/mol. The fourth-order valence-electron chi connectivity index (χ4n) is 1.20. The normalized spacial score (nSPS) is 12.9. The number of thiazole rings is 1. The molecule has 1 aromatic rings. The highest BCUT2D eigenvalue weighted by Crippen LogP contribution is 2.12. The van der Waals surface area contributed by atoms with E-state index in [9.17, 15) is 9.59 Å². The molecule has 6 heteroatoms. The first-order chi connectivity index (χ1) is 8.19. The zero-order valence-electron chi connectivity index (χ0n) is 11.2. The molecule has 18 heavy (non-hydrogen) atoms. The molecule has 1 atom stereocenters. The van der Waals surface area contributed by atoms with E-state index in [1.165, 1.54) is 11.3 Å². The summed E-state index contributed by atoms with van der Waals surface area (Å²) in [6, 6.07) is -0.648. The molecule has 0 aliphatic carbocycles.